The number of carboxylic acids is 1. The summed E-state index contributed by atoms with van der Waals surface area (Å²) in [5.74, 6) is -4.85. The van der Waals surface area contributed by atoms with Gasteiger partial charge in [-0.1, -0.05) is 12.8 Å². The van der Waals surface area contributed by atoms with Crippen LogP contribution in [0.1, 0.15) is 111 Å². The Morgan fingerprint density at radius 2 is 1.13 bits per heavy atom. The van der Waals surface area contributed by atoms with Gasteiger partial charge in [-0.2, -0.15) is 11.8 Å². The topological polar surface area (TPSA) is 316 Å². The molecule has 2 saturated heterocycles. The first-order valence-corrected chi connectivity index (χ1v) is 21.4. The highest BCUT2D eigenvalue weighted by atomic mass is 32.2. The molecule has 0 aliphatic carbocycles. The van der Waals surface area contributed by atoms with Gasteiger partial charge in [0, 0.05) is 70.8 Å². The first-order valence-electron chi connectivity index (χ1n) is 20.4. The predicted octanol–water partition coefficient (Wildman–Crippen LogP) is -0.0185. The number of thioether (sulfide) groups is 1. The number of rotatable bonds is 29. The second-order valence-electron chi connectivity index (χ2n) is 15.0. The molecular formula is C37H63N9O13S. The second-order valence-corrected chi connectivity index (χ2v) is 16.2. The smallest absolute Gasteiger partial charge is 0.326 e. The summed E-state index contributed by atoms with van der Waals surface area (Å²) in [5, 5.41) is 56.8. The van der Waals surface area contributed by atoms with E-state index in [1.807, 2.05) is 11.8 Å². The molecule has 6 atom stereocenters. The molecule has 2 aliphatic rings. The van der Waals surface area contributed by atoms with Crippen molar-refractivity contribution in [1.29, 1.82) is 0 Å². The zero-order chi connectivity index (χ0) is 44.8. The molecule has 0 bridgehead atoms. The van der Waals surface area contributed by atoms with Gasteiger partial charge >= 0.3 is 12.0 Å². The van der Waals surface area contributed by atoms with Crippen LogP contribution in [-0.4, -0.2) is 157 Å². The number of carboxylic acid groups (broad SMARTS) is 1. The number of nitrogens with one attached hydrogen (secondary N) is 6. The number of fused-ring (bicyclic) bond motifs is 1. The van der Waals surface area contributed by atoms with E-state index in [2.05, 4.69) is 31.9 Å². The van der Waals surface area contributed by atoms with Gasteiger partial charge in [0.25, 0.3) is 0 Å². The highest BCUT2D eigenvalue weighted by molar-refractivity contribution is 8.00. The van der Waals surface area contributed by atoms with E-state index in [0.29, 0.717) is 52.7 Å². The van der Waals surface area contributed by atoms with E-state index in [-0.39, 0.29) is 88.6 Å². The molecule has 60 heavy (non-hydrogen) atoms. The van der Waals surface area contributed by atoms with Crippen molar-refractivity contribution in [3.63, 3.8) is 0 Å². The Morgan fingerprint density at radius 3 is 1.67 bits per heavy atom. The Labute approximate surface area is 353 Å². The Balaban J connectivity index is 1.92. The minimum absolute atomic E-state index is 0.00332. The number of amides is 9. The number of hydrogen-bond acceptors (Lipinski definition) is 13. The van der Waals surface area contributed by atoms with Crippen molar-refractivity contribution in [2.24, 2.45) is 0 Å². The standard InChI is InChI=1S/C37H63N9O13S/c1-23(47)44(57)19-9-12-26(39-32(51)17-5-4-8-18-38-31(50)16-7-6-15-30-33-29(22-60-30)42-37(56)43-33)34(52)40-27(13-10-20-45(58)24(2)48)35(53)41-28(36(54)55)14-11-21-46(59)25(3)49/h26-30,33,57-59H,4-22H2,1-3H3,(H,38,50)(H,39,51)(H,40,52)(H,41,53)(H,54,55)(H2,42,43,56)/t26-,27-,28-,29-,30-,33-/m0/s1. The summed E-state index contributed by atoms with van der Waals surface area (Å²) in [5.41, 5.74) is 0. The molecule has 0 aromatic rings. The van der Waals surface area contributed by atoms with Crippen LogP contribution in [0.25, 0.3) is 0 Å². The van der Waals surface area contributed by atoms with Crippen LogP contribution in [0.4, 0.5) is 4.79 Å². The minimum Gasteiger partial charge on any atom is -0.480 e. The number of aliphatic carboxylic acids is 1. The lowest BCUT2D eigenvalue weighted by molar-refractivity contribution is -0.163. The monoisotopic (exact) mass is 873 g/mol. The lowest BCUT2D eigenvalue weighted by Gasteiger charge is -2.25. The lowest BCUT2D eigenvalue weighted by Crippen LogP contribution is -2.56. The van der Waals surface area contributed by atoms with Gasteiger partial charge in [0.2, 0.25) is 41.4 Å². The van der Waals surface area contributed by atoms with Gasteiger partial charge in [-0.15, -0.1) is 0 Å². The Bertz CT molecular complexity index is 1490. The summed E-state index contributed by atoms with van der Waals surface area (Å²) in [4.78, 5) is 110. The van der Waals surface area contributed by atoms with Crippen molar-refractivity contribution in [2.45, 2.75) is 146 Å². The largest absolute Gasteiger partial charge is 0.480 e. The normalized spacial score (nSPS) is 18.1. The summed E-state index contributed by atoms with van der Waals surface area (Å²) in [6.07, 6.45) is 4.13. The molecule has 2 aliphatic heterocycles. The maximum atomic E-state index is 13.6. The number of urea groups is 1. The second kappa shape index (κ2) is 27.2. The molecular weight excluding hydrogens is 811 g/mol. The number of hydrogen-bond donors (Lipinski definition) is 10. The number of hydroxylamine groups is 6. The SMILES string of the molecule is CC(=O)N(O)CCC[C@H](NC(=O)[C@H](CCCN(O)C(C)=O)NC(=O)[C@H](CCCN(O)C(C)=O)NC(=O)CCCCCNC(=O)CCCC[C@@H]1SC[C@@H]2NC(=O)N[C@@H]21)C(=O)O. The molecule has 2 heterocycles. The van der Waals surface area contributed by atoms with Crippen LogP contribution in [-0.2, 0) is 38.4 Å². The summed E-state index contributed by atoms with van der Waals surface area (Å²) < 4.78 is 0. The fourth-order valence-electron chi connectivity index (χ4n) is 6.59. The quantitative estimate of drug-likeness (QED) is 0.0205. The summed E-state index contributed by atoms with van der Waals surface area (Å²) >= 11 is 1.83. The molecule has 0 aromatic carbocycles. The van der Waals surface area contributed by atoms with Crippen LogP contribution in [0.5, 0.6) is 0 Å². The van der Waals surface area contributed by atoms with Crippen molar-refractivity contribution in [1.82, 2.24) is 47.1 Å². The Morgan fingerprint density at radius 1 is 0.650 bits per heavy atom. The fraction of sp³-hybridized carbons (Fsp3) is 0.757. The van der Waals surface area contributed by atoms with Crippen LogP contribution in [0.3, 0.4) is 0 Å². The van der Waals surface area contributed by atoms with Crippen molar-refractivity contribution in [2.75, 3.05) is 31.9 Å². The van der Waals surface area contributed by atoms with E-state index >= 15 is 0 Å². The van der Waals surface area contributed by atoms with Crippen molar-refractivity contribution in [3.05, 3.63) is 0 Å². The molecule has 0 saturated carbocycles. The minimum atomic E-state index is -1.48. The molecule has 9 amide bonds. The summed E-state index contributed by atoms with van der Waals surface area (Å²) in [7, 11) is 0. The molecule has 22 nitrogen and oxygen atoms in total. The van der Waals surface area contributed by atoms with E-state index in [1.54, 1.807) is 0 Å². The number of carbonyl (C=O) groups is 9. The average molecular weight is 874 g/mol. The van der Waals surface area contributed by atoms with Crippen molar-refractivity contribution in [3.8, 4) is 0 Å². The number of carbonyl (C=O) groups excluding carboxylic acids is 8. The first-order chi connectivity index (χ1) is 28.4. The molecule has 2 fully saturated rings. The zero-order valence-corrected chi connectivity index (χ0v) is 35.4. The lowest BCUT2D eigenvalue weighted by atomic mass is 10.0. The van der Waals surface area contributed by atoms with E-state index < -0.39 is 59.5 Å². The highest BCUT2D eigenvalue weighted by Crippen LogP contribution is 2.33. The van der Waals surface area contributed by atoms with Crippen molar-refractivity contribution >= 4 is 65.1 Å². The zero-order valence-electron chi connectivity index (χ0n) is 34.6. The van der Waals surface area contributed by atoms with E-state index in [9.17, 15) is 63.9 Å². The Hall–Kier alpha value is -4.74. The third-order valence-corrected chi connectivity index (χ3v) is 11.6. The highest BCUT2D eigenvalue weighted by Gasteiger charge is 2.42. The molecule has 23 heteroatoms. The van der Waals surface area contributed by atoms with Crippen molar-refractivity contribution < 1.29 is 63.9 Å². The molecule has 0 radical (unpaired) electrons. The predicted molar refractivity (Wildman–Crippen MR) is 214 cm³/mol. The molecule has 0 unspecified atom stereocenters. The molecule has 2 rings (SSSR count). The third kappa shape index (κ3) is 19.5. The van der Waals surface area contributed by atoms with Crippen LogP contribution >= 0.6 is 11.8 Å². The Kier molecular flexibility index (Phi) is 23.3. The van der Waals surface area contributed by atoms with Crippen LogP contribution in [0.15, 0.2) is 0 Å². The van der Waals surface area contributed by atoms with Crippen LogP contribution in [0, 0.1) is 0 Å². The van der Waals surface area contributed by atoms with Crippen LogP contribution in [0.2, 0.25) is 0 Å². The molecule has 0 aromatic heterocycles. The third-order valence-electron chi connectivity index (χ3n) is 10.1. The maximum Gasteiger partial charge on any atom is 0.326 e. The summed E-state index contributed by atoms with van der Waals surface area (Å²) in [6.45, 7) is 3.18. The van der Waals surface area contributed by atoms with E-state index in [4.69, 9.17) is 0 Å². The maximum absolute atomic E-state index is 13.6. The van der Waals surface area contributed by atoms with Gasteiger partial charge < -0.3 is 37.0 Å². The van der Waals surface area contributed by atoms with Gasteiger partial charge in [0.15, 0.2) is 0 Å². The van der Waals surface area contributed by atoms with E-state index in [1.165, 1.54) is 0 Å². The van der Waals surface area contributed by atoms with E-state index in [0.717, 1.165) is 45.8 Å². The first kappa shape index (κ1) is 51.4. The van der Waals surface area contributed by atoms with Gasteiger partial charge in [-0.25, -0.2) is 24.8 Å². The van der Waals surface area contributed by atoms with Gasteiger partial charge in [0.05, 0.1) is 12.1 Å². The molecule has 340 valence electrons. The molecule has 0 spiro atoms. The number of unbranched alkanes of at least 4 members (excludes halogenated alkanes) is 3. The van der Waals surface area contributed by atoms with Gasteiger partial charge in [0.1, 0.15) is 18.1 Å². The molecule has 10 N–H and O–H groups in total. The number of nitrogens with zero attached hydrogens (tertiary/aromatic N) is 3. The summed E-state index contributed by atoms with van der Waals surface area (Å²) in [6, 6.07) is -3.97. The van der Waals surface area contributed by atoms with Gasteiger partial charge in [-0.05, 0) is 64.2 Å². The fourth-order valence-corrected chi connectivity index (χ4v) is 8.14. The average Bonchev–Trinajstić information content (AvgIpc) is 3.74. The van der Waals surface area contributed by atoms with Crippen LogP contribution < -0.4 is 31.9 Å². The van der Waals surface area contributed by atoms with Gasteiger partial charge in [-0.3, -0.25) is 49.2 Å².